The van der Waals surface area contributed by atoms with Crippen LogP contribution in [0.1, 0.15) is 18.2 Å². The van der Waals surface area contributed by atoms with Gasteiger partial charge in [0.2, 0.25) is 0 Å². The second-order valence-corrected chi connectivity index (χ2v) is 4.96. The predicted molar refractivity (Wildman–Crippen MR) is 74.8 cm³/mol. The minimum atomic E-state index is -0.490. The van der Waals surface area contributed by atoms with Gasteiger partial charge >= 0.3 is 5.69 Å². The highest BCUT2D eigenvalue weighted by molar-refractivity contribution is 7.10. The number of aryl methyl sites for hydroxylation is 1. The lowest BCUT2D eigenvalue weighted by Crippen LogP contribution is -2.33. The SMILES string of the molecule is Cc1cn([C@H]2CC(OP)[C@@H](COP)O2)c(=O)[nH]c1=O. The molecular weight excluding hydrogens is 290 g/mol. The maximum atomic E-state index is 11.8. The van der Waals surface area contributed by atoms with Crippen LogP contribution < -0.4 is 11.2 Å². The largest absolute Gasteiger partial charge is 0.363 e. The summed E-state index contributed by atoms with van der Waals surface area (Å²) in [6, 6.07) is 0. The van der Waals surface area contributed by atoms with E-state index in [1.165, 1.54) is 10.8 Å². The van der Waals surface area contributed by atoms with E-state index < -0.39 is 11.9 Å². The standard InChI is InChI=1S/C10H16N2O5P2/c1-5-3-12(10(14)11-9(5)13)8-2-6(17-19)7(16-8)4-15-18/h3,6-8H,2,4,18-19H2,1H3,(H,11,13,14)/t6?,7-,8-/m1/s1. The molecule has 1 aliphatic rings. The third kappa shape index (κ3) is 3.12. The molecule has 1 aliphatic heterocycles. The number of H-pyrrole nitrogens is 1. The molecule has 1 N–H and O–H groups in total. The average Bonchev–Trinajstić information content (AvgIpc) is 2.77. The molecule has 0 spiro atoms. The Hall–Kier alpha value is -0.580. The Kier molecular flexibility index (Phi) is 4.87. The van der Waals surface area contributed by atoms with Crippen LogP contribution in [-0.2, 0) is 13.8 Å². The van der Waals surface area contributed by atoms with Crippen molar-refractivity contribution in [1.82, 2.24) is 9.55 Å². The summed E-state index contributed by atoms with van der Waals surface area (Å²) in [6.45, 7) is 1.98. The minimum Gasteiger partial charge on any atom is -0.363 e. The summed E-state index contributed by atoms with van der Waals surface area (Å²) in [5.41, 5.74) is -0.421. The summed E-state index contributed by atoms with van der Waals surface area (Å²) in [7, 11) is 4.34. The Morgan fingerprint density at radius 2 is 2.26 bits per heavy atom. The molecule has 0 amide bonds. The van der Waals surface area contributed by atoms with Gasteiger partial charge < -0.3 is 13.8 Å². The Labute approximate surface area is 114 Å². The summed E-state index contributed by atoms with van der Waals surface area (Å²) < 4.78 is 17.3. The number of nitrogens with zero attached hydrogens (tertiary/aromatic N) is 1. The third-order valence-electron chi connectivity index (χ3n) is 3.07. The predicted octanol–water partition coefficient (Wildman–Crippen LogP) is 0.115. The van der Waals surface area contributed by atoms with Crippen molar-refractivity contribution < 1.29 is 13.8 Å². The van der Waals surface area contributed by atoms with Crippen molar-refractivity contribution >= 4 is 18.9 Å². The van der Waals surface area contributed by atoms with Gasteiger partial charge in [0.25, 0.3) is 5.56 Å². The molecule has 0 radical (unpaired) electrons. The van der Waals surface area contributed by atoms with Crippen molar-refractivity contribution in [2.45, 2.75) is 31.8 Å². The van der Waals surface area contributed by atoms with E-state index in [2.05, 4.69) is 23.9 Å². The van der Waals surface area contributed by atoms with E-state index >= 15 is 0 Å². The van der Waals surface area contributed by atoms with Crippen LogP contribution in [0.3, 0.4) is 0 Å². The van der Waals surface area contributed by atoms with Crippen LogP contribution >= 0.6 is 18.9 Å². The van der Waals surface area contributed by atoms with Gasteiger partial charge in [0, 0.05) is 37.1 Å². The van der Waals surface area contributed by atoms with Gasteiger partial charge in [-0.15, -0.1) is 0 Å². The maximum Gasteiger partial charge on any atom is 0.330 e. The Morgan fingerprint density at radius 1 is 1.53 bits per heavy atom. The summed E-state index contributed by atoms with van der Waals surface area (Å²) in [4.78, 5) is 25.4. The van der Waals surface area contributed by atoms with Gasteiger partial charge in [-0.25, -0.2) is 4.79 Å². The molecular formula is C10H16N2O5P2. The molecule has 1 saturated heterocycles. The summed E-state index contributed by atoms with van der Waals surface area (Å²) in [6.07, 6.45) is 1.08. The molecule has 1 aromatic rings. The molecule has 1 aromatic heterocycles. The molecule has 5 atom stereocenters. The van der Waals surface area contributed by atoms with Crippen LogP contribution in [-0.4, -0.2) is 28.4 Å². The van der Waals surface area contributed by atoms with E-state index in [1.807, 2.05) is 0 Å². The van der Waals surface area contributed by atoms with Gasteiger partial charge in [-0.1, -0.05) is 0 Å². The first kappa shape index (κ1) is 14.8. The summed E-state index contributed by atoms with van der Waals surface area (Å²) >= 11 is 0. The first-order valence-electron chi connectivity index (χ1n) is 5.71. The molecule has 7 nitrogen and oxygen atoms in total. The molecule has 0 aromatic carbocycles. The van der Waals surface area contributed by atoms with Gasteiger partial charge in [0.1, 0.15) is 12.3 Å². The second kappa shape index (κ2) is 6.25. The Balaban J connectivity index is 2.27. The van der Waals surface area contributed by atoms with E-state index in [0.29, 0.717) is 18.6 Å². The van der Waals surface area contributed by atoms with Crippen molar-refractivity contribution in [1.29, 1.82) is 0 Å². The van der Waals surface area contributed by atoms with E-state index in [0.717, 1.165) is 0 Å². The molecule has 3 unspecified atom stereocenters. The van der Waals surface area contributed by atoms with Crippen LogP contribution in [0.5, 0.6) is 0 Å². The number of rotatable bonds is 4. The van der Waals surface area contributed by atoms with Crippen molar-refractivity contribution in [3.8, 4) is 0 Å². The highest BCUT2D eigenvalue weighted by Crippen LogP contribution is 2.31. The topological polar surface area (TPSA) is 82.6 Å². The Bertz CT molecular complexity index is 558. The first-order chi connectivity index (χ1) is 9.06. The maximum absolute atomic E-state index is 11.8. The zero-order valence-corrected chi connectivity index (χ0v) is 12.7. The zero-order chi connectivity index (χ0) is 14.0. The third-order valence-corrected chi connectivity index (χ3v) is 3.61. The fourth-order valence-electron chi connectivity index (χ4n) is 2.06. The molecule has 1 fully saturated rings. The fourth-order valence-corrected chi connectivity index (χ4v) is 2.54. The van der Waals surface area contributed by atoms with Crippen molar-refractivity contribution in [2.24, 2.45) is 0 Å². The zero-order valence-electron chi connectivity index (χ0n) is 10.4. The molecule has 106 valence electrons. The van der Waals surface area contributed by atoms with Gasteiger partial charge in [-0.05, 0) is 6.92 Å². The van der Waals surface area contributed by atoms with Gasteiger partial charge in [0.05, 0.1) is 12.7 Å². The van der Waals surface area contributed by atoms with Crippen molar-refractivity contribution in [3.63, 3.8) is 0 Å². The van der Waals surface area contributed by atoms with Crippen molar-refractivity contribution in [3.05, 3.63) is 32.6 Å². The number of aromatic amines is 1. The second-order valence-electron chi connectivity index (χ2n) is 4.35. The lowest BCUT2D eigenvalue weighted by molar-refractivity contribution is -0.0326. The molecule has 19 heavy (non-hydrogen) atoms. The van der Waals surface area contributed by atoms with Crippen LogP contribution in [0.2, 0.25) is 0 Å². The summed E-state index contributed by atoms with van der Waals surface area (Å²) in [5, 5.41) is 0. The van der Waals surface area contributed by atoms with Crippen LogP contribution in [0, 0.1) is 6.92 Å². The first-order valence-corrected chi connectivity index (χ1v) is 6.66. The monoisotopic (exact) mass is 306 g/mol. The molecule has 9 heteroatoms. The van der Waals surface area contributed by atoms with E-state index in [1.54, 1.807) is 6.92 Å². The molecule has 0 saturated carbocycles. The van der Waals surface area contributed by atoms with E-state index in [9.17, 15) is 9.59 Å². The minimum absolute atomic E-state index is 0.185. The van der Waals surface area contributed by atoms with Crippen molar-refractivity contribution in [2.75, 3.05) is 6.61 Å². The quantitative estimate of drug-likeness (QED) is 0.799. The molecule has 2 rings (SSSR count). The Morgan fingerprint density at radius 3 is 2.89 bits per heavy atom. The van der Waals surface area contributed by atoms with E-state index in [-0.39, 0.29) is 17.8 Å². The van der Waals surface area contributed by atoms with Crippen LogP contribution in [0.25, 0.3) is 0 Å². The molecule has 2 heterocycles. The molecule has 0 aliphatic carbocycles. The number of hydrogen-bond acceptors (Lipinski definition) is 5. The van der Waals surface area contributed by atoms with E-state index in [4.69, 9.17) is 13.8 Å². The van der Waals surface area contributed by atoms with Gasteiger partial charge in [0.15, 0.2) is 0 Å². The molecule has 0 bridgehead atoms. The number of ether oxygens (including phenoxy) is 1. The highest BCUT2D eigenvalue weighted by Gasteiger charge is 2.37. The lowest BCUT2D eigenvalue weighted by Gasteiger charge is -2.16. The van der Waals surface area contributed by atoms with Gasteiger partial charge in [-0.2, -0.15) is 0 Å². The van der Waals surface area contributed by atoms with Crippen LogP contribution in [0.4, 0.5) is 0 Å². The highest BCUT2D eigenvalue weighted by atomic mass is 31.0. The number of nitrogens with one attached hydrogen (secondary N) is 1. The van der Waals surface area contributed by atoms with Gasteiger partial charge in [-0.3, -0.25) is 14.3 Å². The smallest absolute Gasteiger partial charge is 0.330 e. The lowest BCUT2D eigenvalue weighted by atomic mass is 10.2. The average molecular weight is 306 g/mol. The number of aromatic nitrogens is 2. The number of hydrogen-bond donors (Lipinski definition) is 1. The van der Waals surface area contributed by atoms with Crippen LogP contribution in [0.15, 0.2) is 15.8 Å². The normalized spacial score (nSPS) is 26.8. The summed E-state index contributed by atoms with van der Waals surface area (Å²) in [5.74, 6) is 0. The fraction of sp³-hybridized carbons (Fsp3) is 0.600.